The van der Waals surface area contributed by atoms with Crippen LogP contribution in [0.25, 0.3) is 25.1 Å². The summed E-state index contributed by atoms with van der Waals surface area (Å²) in [7, 11) is -5.24. The first-order valence-electron chi connectivity index (χ1n) is 31.3. The lowest BCUT2D eigenvalue weighted by Gasteiger charge is -2.29. The lowest BCUT2D eigenvalue weighted by atomic mass is 9.87. The molecule has 4 aliphatic rings. The Labute approximate surface area is 564 Å². The molecule has 4 heterocycles. The molecule has 1 saturated carbocycles. The van der Waals surface area contributed by atoms with Gasteiger partial charge in [-0.05, 0) is 222 Å². The molecular formula is C71H86F3IO17S2. The van der Waals surface area contributed by atoms with Crippen molar-refractivity contribution >= 4 is 99.2 Å². The van der Waals surface area contributed by atoms with Gasteiger partial charge in [0, 0.05) is 21.2 Å². The molecule has 6 aromatic rings. The van der Waals surface area contributed by atoms with Crippen LogP contribution in [0.4, 0.5) is 13.2 Å². The van der Waals surface area contributed by atoms with Gasteiger partial charge in [-0.1, -0.05) is 70.2 Å². The Morgan fingerprint density at radius 3 is 1.68 bits per heavy atom. The zero-order chi connectivity index (χ0) is 69.9. The van der Waals surface area contributed by atoms with Gasteiger partial charge in [-0.15, -0.1) is 0 Å². The normalized spacial score (nSPS) is 19.1. The van der Waals surface area contributed by atoms with Gasteiger partial charge >= 0.3 is 42.0 Å². The molecule has 512 valence electrons. The Kier molecular flexibility index (Phi) is 25.6. The Hall–Kier alpha value is -6.67. The van der Waals surface area contributed by atoms with Crippen molar-refractivity contribution in [3.8, 4) is 22.1 Å². The van der Waals surface area contributed by atoms with Crippen molar-refractivity contribution in [3.63, 3.8) is 0 Å². The van der Waals surface area contributed by atoms with E-state index in [1.165, 1.54) is 56.1 Å². The minimum Gasteiger partial charge on any atom is -0.748 e. The fourth-order valence-corrected chi connectivity index (χ4v) is 13.2. The fraction of sp³-hybridized carbons (Fsp3) is 0.493. The summed E-state index contributed by atoms with van der Waals surface area (Å²) < 4.78 is 110. The monoisotopic (exact) mass is 1460 g/mol. The van der Waals surface area contributed by atoms with Crippen LogP contribution < -0.4 is 9.47 Å². The van der Waals surface area contributed by atoms with Gasteiger partial charge in [-0.3, -0.25) is 24.0 Å². The van der Waals surface area contributed by atoms with Gasteiger partial charge in [0.2, 0.25) is 6.10 Å². The molecule has 6 unspecified atom stereocenters. The number of carbonyl (C=O) groups excluding carboxylic acids is 6. The second-order valence-corrected chi connectivity index (χ2v) is 31.0. The minimum absolute atomic E-state index is 0.0376. The molecule has 4 fully saturated rings. The zero-order valence-corrected chi connectivity index (χ0v) is 59.2. The number of benzene rings is 5. The number of phenolic OH excluding ortho intramolecular Hbond substituents is 1. The van der Waals surface area contributed by atoms with Crippen molar-refractivity contribution in [3.05, 3.63) is 130 Å². The maximum absolute atomic E-state index is 12.9. The summed E-state index contributed by atoms with van der Waals surface area (Å²) in [5.41, 5.74) is -2.73. The van der Waals surface area contributed by atoms with E-state index in [-0.39, 0.29) is 75.0 Å². The highest BCUT2D eigenvalue weighted by atomic mass is 127. The highest BCUT2D eigenvalue weighted by Gasteiger charge is 2.65. The Morgan fingerprint density at radius 1 is 0.681 bits per heavy atom. The highest BCUT2D eigenvalue weighted by molar-refractivity contribution is 14.1. The Morgan fingerprint density at radius 2 is 1.17 bits per heavy atom. The van der Waals surface area contributed by atoms with Gasteiger partial charge in [0.25, 0.3) is 0 Å². The molecule has 0 spiro atoms. The summed E-state index contributed by atoms with van der Waals surface area (Å²) in [5, 5.41) is 11.8. The van der Waals surface area contributed by atoms with E-state index in [0.717, 1.165) is 37.8 Å². The first kappa shape index (κ1) is 76.3. The van der Waals surface area contributed by atoms with Crippen molar-refractivity contribution in [1.82, 2.24) is 0 Å². The van der Waals surface area contributed by atoms with Gasteiger partial charge in [0.1, 0.15) is 29.0 Å². The van der Waals surface area contributed by atoms with Crippen LogP contribution in [0.15, 0.2) is 121 Å². The van der Waals surface area contributed by atoms with Crippen molar-refractivity contribution in [2.45, 2.75) is 190 Å². The summed E-state index contributed by atoms with van der Waals surface area (Å²) in [4.78, 5) is 72.7. The van der Waals surface area contributed by atoms with Crippen LogP contribution in [0.1, 0.15) is 158 Å². The third-order valence-corrected chi connectivity index (χ3v) is 21.6. The average Bonchev–Trinajstić information content (AvgIpc) is 1.58. The number of alkyl halides is 3. The molecule has 2 bridgehead atoms. The lowest BCUT2D eigenvalue weighted by Crippen LogP contribution is -2.42. The van der Waals surface area contributed by atoms with Crippen LogP contribution in [0, 0.1) is 31.1 Å². The Balaban J connectivity index is 0.000000190. The highest BCUT2D eigenvalue weighted by Crippen LogP contribution is 2.49. The summed E-state index contributed by atoms with van der Waals surface area (Å²) in [5.74, 6) is -4.41. The van der Waals surface area contributed by atoms with E-state index in [1.807, 2.05) is 62.3 Å². The van der Waals surface area contributed by atoms with E-state index in [1.54, 1.807) is 55.5 Å². The first-order chi connectivity index (χ1) is 43.8. The molecule has 3 aliphatic heterocycles. The van der Waals surface area contributed by atoms with Gasteiger partial charge in [0.15, 0.2) is 26.5 Å². The molecule has 0 radical (unpaired) electrons. The predicted molar refractivity (Wildman–Crippen MR) is 359 cm³/mol. The fourth-order valence-electron chi connectivity index (χ4n) is 9.78. The number of aromatic hydroxyl groups is 1. The molecule has 1 aromatic heterocycles. The first-order valence-corrected chi connectivity index (χ1v) is 35.2. The van der Waals surface area contributed by atoms with Gasteiger partial charge in [0.05, 0.1) is 58.7 Å². The number of thiophene rings is 1. The SMILES string of the molecule is CCC(C)(C)C(=O)OC1(C)CCCC1.CCC(C)(C)C(=O)OC1C2CC3C(=O)OC1C3O2.CCC(C)(C)C(=O)Oc1cc(C(=O)OC(CS(=O)(=O)[O-])C(F)(F)F)ccc1I.CCC(C)(C)C(=O)Oc1ccc(O)cc1.c1ccc(-[s+]2c3ccccc3c3ccccc32)cc1. The zero-order valence-electron chi connectivity index (χ0n) is 55.4. The van der Waals surface area contributed by atoms with E-state index in [0.29, 0.717) is 28.6 Å². The predicted octanol–water partition coefficient (Wildman–Crippen LogP) is 16.1. The molecule has 1 aliphatic carbocycles. The summed E-state index contributed by atoms with van der Waals surface area (Å²) in [6.45, 7) is 24.3. The van der Waals surface area contributed by atoms with Crippen LogP contribution in [0.3, 0.4) is 0 Å². The van der Waals surface area contributed by atoms with E-state index < -0.39 is 74.1 Å². The molecule has 17 nitrogen and oxygen atoms in total. The van der Waals surface area contributed by atoms with E-state index >= 15 is 0 Å². The van der Waals surface area contributed by atoms with Crippen molar-refractivity contribution in [2.75, 3.05) is 5.75 Å². The third-order valence-electron chi connectivity index (χ3n) is 17.6. The molecule has 23 heteroatoms. The van der Waals surface area contributed by atoms with Crippen molar-refractivity contribution in [2.24, 2.45) is 27.6 Å². The van der Waals surface area contributed by atoms with Crippen LogP contribution in [0.2, 0.25) is 0 Å². The number of phenols is 1. The molecular weight excluding hydrogens is 1370 g/mol. The number of halogens is 4. The lowest BCUT2D eigenvalue weighted by molar-refractivity contribution is -0.197. The smallest absolute Gasteiger partial charge is 0.426 e. The van der Waals surface area contributed by atoms with Gasteiger partial charge in [-0.2, -0.15) is 13.2 Å². The number of rotatable bonds is 17. The molecule has 0 amide bonds. The van der Waals surface area contributed by atoms with Crippen LogP contribution in [-0.2, 0) is 57.8 Å². The number of hydrogen-bond acceptors (Lipinski definition) is 17. The topological polar surface area (TPSA) is 244 Å². The number of fused-ring (bicyclic) bond motifs is 4. The Bertz CT molecular complexity index is 3690. The quantitative estimate of drug-likeness (QED) is 0.0223. The number of hydrogen-bond donors (Lipinski definition) is 1. The number of ether oxygens (including phenoxy) is 7. The second kappa shape index (κ2) is 31.5. The minimum atomic E-state index is -5.30. The van der Waals surface area contributed by atoms with Crippen molar-refractivity contribution < 1.29 is 93.2 Å². The summed E-state index contributed by atoms with van der Waals surface area (Å²) >= 11 is 1.80. The van der Waals surface area contributed by atoms with Crippen LogP contribution >= 0.6 is 33.1 Å². The number of carbonyl (C=O) groups is 6. The van der Waals surface area contributed by atoms with Gasteiger partial charge < -0.3 is 42.8 Å². The van der Waals surface area contributed by atoms with E-state index in [4.69, 9.17) is 33.5 Å². The maximum Gasteiger partial charge on any atom is 0.426 e. The summed E-state index contributed by atoms with van der Waals surface area (Å²) in [6, 6.07) is 37.9. The third kappa shape index (κ3) is 19.7. The molecule has 5 aromatic carbocycles. The standard InChI is InChI=1S/C18H13S.C16H18F3IO7S.C13H18O5.C12H16O3.C12H22O2/c1-2-8-14(9-3-1)19-17-12-6-4-10-15(17)16-11-5-7-13-18(16)19;1-4-15(2,3)14(22)26-11-7-9(5-6-10(11)20)13(21)27-12(16(17,18)19)8-28(23,24)25;1-4-13(2,3)12(15)18-9-7-5-6-8(16-7)10(9)17-11(6)14;1-4-12(2,3)11(14)15-10-7-5-9(13)6-8-10;1-5-11(2,3)10(13)14-12(4)8-6-7-9-12/h1-13H;5-7,12H,4,8H2,1-3H3,(H,23,24,25);6-10H,4-5H2,1-3H3;5-8,13H,4H2,1-3H3;5-9H2,1-4H3/q+1;;;;/p-1. The van der Waals surface area contributed by atoms with E-state index in [9.17, 15) is 54.9 Å². The molecule has 10 rings (SSSR count). The maximum atomic E-state index is 12.9. The van der Waals surface area contributed by atoms with E-state index in [2.05, 4.69) is 90.5 Å². The van der Waals surface area contributed by atoms with Crippen LogP contribution in [-0.4, -0.2) is 102 Å². The van der Waals surface area contributed by atoms with Gasteiger partial charge in [-0.25, -0.2) is 13.2 Å². The molecule has 3 saturated heterocycles. The number of esters is 6. The second-order valence-electron chi connectivity index (χ2n) is 26.4. The molecule has 6 atom stereocenters. The van der Waals surface area contributed by atoms with Crippen LogP contribution in [0.5, 0.6) is 17.2 Å². The van der Waals surface area contributed by atoms with Crippen molar-refractivity contribution in [1.29, 1.82) is 0 Å². The summed E-state index contributed by atoms with van der Waals surface area (Å²) in [6.07, 6.45) is -1.78. The molecule has 1 N–H and O–H groups in total. The molecule has 94 heavy (non-hydrogen) atoms. The largest absolute Gasteiger partial charge is 0.748 e. The average molecular weight is 1460 g/mol.